The van der Waals surface area contributed by atoms with Crippen molar-refractivity contribution in [3.63, 3.8) is 0 Å². The monoisotopic (exact) mass is 288 g/mol. The highest BCUT2D eigenvalue weighted by atomic mass is 32.2. The Balaban J connectivity index is 2.69. The van der Waals surface area contributed by atoms with Gasteiger partial charge in [-0.15, -0.1) is 0 Å². The first-order valence-electron chi connectivity index (χ1n) is 6.40. The van der Waals surface area contributed by atoms with E-state index in [0.29, 0.717) is 13.1 Å². The van der Waals surface area contributed by atoms with Gasteiger partial charge in [0.1, 0.15) is 0 Å². The lowest BCUT2D eigenvalue weighted by Crippen LogP contribution is -2.39. The van der Waals surface area contributed by atoms with Crippen molar-refractivity contribution in [3.05, 3.63) is 18.0 Å². The SMILES string of the molecule is CCNCc1cc(S(=O)(=O)NC(C)CN(C)C)c[nH]1. The largest absolute Gasteiger partial charge is 0.363 e. The quantitative estimate of drug-likeness (QED) is 0.645. The van der Waals surface area contributed by atoms with Gasteiger partial charge in [0.05, 0.1) is 4.90 Å². The molecule has 19 heavy (non-hydrogen) atoms. The molecule has 0 aliphatic rings. The van der Waals surface area contributed by atoms with Crippen LogP contribution in [0.5, 0.6) is 0 Å². The predicted molar refractivity (Wildman–Crippen MR) is 76.5 cm³/mol. The molecule has 0 fully saturated rings. The lowest BCUT2D eigenvalue weighted by molar-refractivity contribution is 0.370. The van der Waals surface area contributed by atoms with Gasteiger partial charge in [0.25, 0.3) is 0 Å². The normalized spacial score (nSPS) is 13.9. The third-order valence-electron chi connectivity index (χ3n) is 2.59. The smallest absolute Gasteiger partial charge is 0.242 e. The van der Waals surface area contributed by atoms with Gasteiger partial charge in [-0.05, 0) is 33.6 Å². The minimum atomic E-state index is -3.45. The van der Waals surface area contributed by atoms with Crippen LogP contribution in [0, 0.1) is 0 Å². The van der Waals surface area contributed by atoms with Gasteiger partial charge in [0.15, 0.2) is 0 Å². The molecule has 0 saturated heterocycles. The Morgan fingerprint density at radius 1 is 1.42 bits per heavy atom. The van der Waals surface area contributed by atoms with Crippen molar-refractivity contribution in [2.45, 2.75) is 31.3 Å². The van der Waals surface area contributed by atoms with Gasteiger partial charge in [-0.3, -0.25) is 0 Å². The maximum atomic E-state index is 12.1. The molecule has 0 amide bonds. The van der Waals surface area contributed by atoms with E-state index in [0.717, 1.165) is 12.2 Å². The molecule has 0 aliphatic carbocycles. The average molecular weight is 288 g/mol. The van der Waals surface area contributed by atoms with Crippen LogP contribution in [-0.2, 0) is 16.6 Å². The van der Waals surface area contributed by atoms with E-state index in [9.17, 15) is 8.42 Å². The van der Waals surface area contributed by atoms with E-state index in [-0.39, 0.29) is 10.9 Å². The molecule has 0 radical (unpaired) electrons. The summed E-state index contributed by atoms with van der Waals surface area (Å²) in [6.45, 7) is 6.00. The molecule has 0 spiro atoms. The van der Waals surface area contributed by atoms with Crippen LogP contribution in [0.15, 0.2) is 17.2 Å². The fourth-order valence-corrected chi connectivity index (χ4v) is 3.11. The molecule has 7 heteroatoms. The van der Waals surface area contributed by atoms with Crippen LogP contribution in [0.25, 0.3) is 0 Å². The molecule has 1 rings (SSSR count). The molecule has 3 N–H and O–H groups in total. The Morgan fingerprint density at radius 3 is 2.68 bits per heavy atom. The fourth-order valence-electron chi connectivity index (χ4n) is 1.85. The second-order valence-corrected chi connectivity index (χ2v) is 6.64. The van der Waals surface area contributed by atoms with Crippen molar-refractivity contribution < 1.29 is 8.42 Å². The highest BCUT2D eigenvalue weighted by Gasteiger charge is 2.19. The van der Waals surface area contributed by atoms with Gasteiger partial charge in [0.2, 0.25) is 10.0 Å². The second-order valence-electron chi connectivity index (χ2n) is 4.93. The standard InChI is InChI=1S/C12H24N4O2S/c1-5-13-7-11-6-12(8-14-11)19(17,18)15-10(2)9-16(3)4/h6,8,10,13-15H,5,7,9H2,1-4H3. The Hall–Kier alpha value is -0.890. The minimum Gasteiger partial charge on any atom is -0.363 e. The molecule has 1 heterocycles. The van der Waals surface area contributed by atoms with Crippen LogP contribution in [-0.4, -0.2) is 51.5 Å². The first kappa shape index (κ1) is 16.2. The van der Waals surface area contributed by atoms with Crippen LogP contribution in [0.1, 0.15) is 19.5 Å². The van der Waals surface area contributed by atoms with E-state index < -0.39 is 10.0 Å². The van der Waals surface area contributed by atoms with Crippen molar-refractivity contribution in [2.24, 2.45) is 0 Å². The number of nitrogens with one attached hydrogen (secondary N) is 3. The van der Waals surface area contributed by atoms with Crippen molar-refractivity contribution in [2.75, 3.05) is 27.2 Å². The summed E-state index contributed by atoms with van der Waals surface area (Å²) < 4.78 is 26.9. The van der Waals surface area contributed by atoms with Gasteiger partial charge in [-0.1, -0.05) is 6.92 Å². The molecular formula is C12H24N4O2S. The van der Waals surface area contributed by atoms with E-state index in [1.165, 1.54) is 6.20 Å². The molecule has 0 aromatic carbocycles. The number of nitrogens with zero attached hydrogens (tertiary/aromatic N) is 1. The van der Waals surface area contributed by atoms with Crippen molar-refractivity contribution in [1.82, 2.24) is 19.9 Å². The molecule has 1 aromatic rings. The number of aromatic amines is 1. The number of rotatable bonds is 8. The van der Waals surface area contributed by atoms with E-state index in [1.54, 1.807) is 6.07 Å². The number of hydrogen-bond donors (Lipinski definition) is 3. The van der Waals surface area contributed by atoms with Crippen LogP contribution in [0.2, 0.25) is 0 Å². The minimum absolute atomic E-state index is 0.132. The van der Waals surface area contributed by atoms with Gasteiger partial charge in [-0.25, -0.2) is 13.1 Å². The first-order valence-corrected chi connectivity index (χ1v) is 7.88. The molecular weight excluding hydrogens is 264 g/mol. The highest BCUT2D eigenvalue weighted by Crippen LogP contribution is 2.11. The summed E-state index contributed by atoms with van der Waals surface area (Å²) in [5.74, 6) is 0. The zero-order valence-corrected chi connectivity index (χ0v) is 12.8. The molecule has 1 atom stereocenters. The van der Waals surface area contributed by atoms with Crippen molar-refractivity contribution in [1.29, 1.82) is 0 Å². The Bertz CT molecular complexity index is 482. The molecule has 0 saturated carbocycles. The highest BCUT2D eigenvalue weighted by molar-refractivity contribution is 7.89. The van der Waals surface area contributed by atoms with Gasteiger partial charge >= 0.3 is 0 Å². The van der Waals surface area contributed by atoms with Crippen LogP contribution >= 0.6 is 0 Å². The van der Waals surface area contributed by atoms with Crippen molar-refractivity contribution >= 4 is 10.0 Å². The van der Waals surface area contributed by atoms with Crippen LogP contribution < -0.4 is 10.0 Å². The number of hydrogen-bond acceptors (Lipinski definition) is 4. The summed E-state index contributed by atoms with van der Waals surface area (Å²) in [5.41, 5.74) is 0.863. The fraction of sp³-hybridized carbons (Fsp3) is 0.667. The number of aromatic nitrogens is 1. The van der Waals surface area contributed by atoms with E-state index in [1.807, 2.05) is 32.8 Å². The zero-order valence-electron chi connectivity index (χ0n) is 12.0. The molecule has 1 unspecified atom stereocenters. The maximum Gasteiger partial charge on any atom is 0.242 e. The summed E-state index contributed by atoms with van der Waals surface area (Å²) in [6, 6.07) is 1.53. The Kier molecular flexibility index (Phi) is 5.99. The predicted octanol–water partition coefficient (Wildman–Crippen LogP) is 0.353. The lowest BCUT2D eigenvalue weighted by atomic mass is 10.3. The molecule has 6 nitrogen and oxygen atoms in total. The molecule has 110 valence electrons. The van der Waals surface area contributed by atoms with Crippen molar-refractivity contribution in [3.8, 4) is 0 Å². The third-order valence-corrected chi connectivity index (χ3v) is 4.16. The molecule has 0 bridgehead atoms. The van der Waals surface area contributed by atoms with Gasteiger partial charge < -0.3 is 15.2 Å². The van der Waals surface area contributed by atoms with E-state index in [4.69, 9.17) is 0 Å². The van der Waals surface area contributed by atoms with E-state index in [2.05, 4.69) is 15.0 Å². The Labute approximate surface area is 115 Å². The zero-order chi connectivity index (χ0) is 14.5. The van der Waals surface area contributed by atoms with Gasteiger partial charge in [0, 0.05) is 31.0 Å². The first-order chi connectivity index (χ1) is 8.85. The number of sulfonamides is 1. The van der Waals surface area contributed by atoms with E-state index >= 15 is 0 Å². The summed E-state index contributed by atoms with van der Waals surface area (Å²) in [4.78, 5) is 5.20. The number of H-pyrrole nitrogens is 1. The summed E-state index contributed by atoms with van der Waals surface area (Å²) in [7, 11) is 0.380. The van der Waals surface area contributed by atoms with Crippen LogP contribution in [0.3, 0.4) is 0 Å². The topological polar surface area (TPSA) is 77.2 Å². The maximum absolute atomic E-state index is 12.1. The molecule has 0 aliphatic heterocycles. The summed E-state index contributed by atoms with van der Waals surface area (Å²) in [6.07, 6.45) is 1.53. The lowest BCUT2D eigenvalue weighted by Gasteiger charge is -2.17. The van der Waals surface area contributed by atoms with Crippen LogP contribution in [0.4, 0.5) is 0 Å². The Morgan fingerprint density at radius 2 is 2.11 bits per heavy atom. The second kappa shape index (κ2) is 7.04. The van der Waals surface area contributed by atoms with Gasteiger partial charge in [-0.2, -0.15) is 0 Å². The molecule has 1 aromatic heterocycles. The average Bonchev–Trinajstić information content (AvgIpc) is 2.73. The third kappa shape index (κ3) is 5.32. The number of likely N-dealkylation sites (N-methyl/N-ethyl adjacent to an activating group) is 1. The summed E-state index contributed by atoms with van der Waals surface area (Å²) >= 11 is 0. The summed E-state index contributed by atoms with van der Waals surface area (Å²) in [5, 5.41) is 3.14.